The van der Waals surface area contributed by atoms with Gasteiger partial charge in [-0.05, 0) is 12.8 Å². The van der Waals surface area contributed by atoms with Crippen molar-refractivity contribution >= 4 is 10.0 Å². The van der Waals surface area contributed by atoms with Crippen LogP contribution in [0, 0.1) is 0 Å². The molecule has 0 spiro atoms. The van der Waals surface area contributed by atoms with Crippen LogP contribution in [-0.2, 0) is 14.8 Å². The molecule has 0 aliphatic carbocycles. The molecule has 15 heavy (non-hydrogen) atoms. The zero-order chi connectivity index (χ0) is 11.3. The Bertz CT molecular complexity index is 272. The van der Waals surface area contributed by atoms with Crippen molar-refractivity contribution < 1.29 is 18.3 Å². The molecule has 5 nitrogen and oxygen atoms in total. The van der Waals surface area contributed by atoms with E-state index in [2.05, 4.69) is 0 Å². The first-order valence-electron chi connectivity index (χ1n) is 5.30. The van der Waals surface area contributed by atoms with Crippen LogP contribution in [0.15, 0.2) is 0 Å². The molecule has 1 aliphatic rings. The molecule has 0 radical (unpaired) electrons. The summed E-state index contributed by atoms with van der Waals surface area (Å²) in [6.45, 7) is 3.04. The van der Waals surface area contributed by atoms with Gasteiger partial charge in [-0.25, -0.2) is 8.42 Å². The summed E-state index contributed by atoms with van der Waals surface area (Å²) in [5.41, 5.74) is 0. The molecule has 0 amide bonds. The SMILES string of the molecule is CCN(CC1CCCO1)S(=O)(=O)CCO. The third-order valence-electron chi connectivity index (χ3n) is 2.53. The summed E-state index contributed by atoms with van der Waals surface area (Å²) in [6.07, 6.45) is 1.95. The van der Waals surface area contributed by atoms with Crippen LogP contribution in [0.1, 0.15) is 19.8 Å². The van der Waals surface area contributed by atoms with Crippen molar-refractivity contribution in [2.75, 3.05) is 32.1 Å². The quantitative estimate of drug-likeness (QED) is 0.695. The molecule has 1 aliphatic heterocycles. The van der Waals surface area contributed by atoms with Gasteiger partial charge in [0.25, 0.3) is 0 Å². The van der Waals surface area contributed by atoms with Crippen molar-refractivity contribution in [1.29, 1.82) is 0 Å². The van der Waals surface area contributed by atoms with E-state index in [4.69, 9.17) is 9.84 Å². The Morgan fingerprint density at radius 1 is 1.53 bits per heavy atom. The second-order valence-corrected chi connectivity index (χ2v) is 5.71. The monoisotopic (exact) mass is 237 g/mol. The molecular formula is C9H19NO4S. The molecule has 0 aromatic rings. The van der Waals surface area contributed by atoms with Gasteiger partial charge in [-0.2, -0.15) is 4.31 Å². The van der Waals surface area contributed by atoms with E-state index in [1.165, 1.54) is 4.31 Å². The lowest BCUT2D eigenvalue weighted by atomic mass is 10.2. The van der Waals surface area contributed by atoms with Gasteiger partial charge < -0.3 is 9.84 Å². The van der Waals surface area contributed by atoms with Gasteiger partial charge in [0.05, 0.1) is 18.5 Å². The van der Waals surface area contributed by atoms with Crippen LogP contribution in [0.3, 0.4) is 0 Å². The third kappa shape index (κ3) is 3.71. The fourth-order valence-electron chi connectivity index (χ4n) is 1.70. The first-order chi connectivity index (χ1) is 7.10. The number of nitrogens with zero attached hydrogens (tertiary/aromatic N) is 1. The van der Waals surface area contributed by atoms with Crippen molar-refractivity contribution in [2.24, 2.45) is 0 Å². The van der Waals surface area contributed by atoms with E-state index < -0.39 is 10.0 Å². The largest absolute Gasteiger partial charge is 0.395 e. The molecule has 1 rings (SSSR count). The topological polar surface area (TPSA) is 66.8 Å². The Labute approximate surface area is 91.1 Å². The maximum atomic E-state index is 11.7. The Morgan fingerprint density at radius 3 is 2.73 bits per heavy atom. The molecule has 0 bridgehead atoms. The molecule has 90 valence electrons. The highest BCUT2D eigenvalue weighted by molar-refractivity contribution is 7.89. The summed E-state index contributed by atoms with van der Waals surface area (Å²) in [7, 11) is -3.31. The molecule has 0 saturated carbocycles. The maximum absolute atomic E-state index is 11.7. The Kier molecular flexibility index (Phi) is 4.98. The molecule has 0 aromatic heterocycles. The Morgan fingerprint density at radius 2 is 2.27 bits per heavy atom. The highest BCUT2D eigenvalue weighted by atomic mass is 32.2. The third-order valence-corrected chi connectivity index (χ3v) is 4.42. The lowest BCUT2D eigenvalue weighted by molar-refractivity contribution is 0.0945. The molecule has 1 fully saturated rings. The standard InChI is InChI=1S/C9H19NO4S/c1-2-10(15(12,13)7-5-11)8-9-4-3-6-14-9/h9,11H,2-8H2,1H3. The van der Waals surface area contributed by atoms with Crippen molar-refractivity contribution in [3.05, 3.63) is 0 Å². The second-order valence-electron chi connectivity index (χ2n) is 3.63. The predicted molar refractivity (Wildman–Crippen MR) is 57.1 cm³/mol. The molecule has 1 atom stereocenters. The van der Waals surface area contributed by atoms with E-state index in [-0.39, 0.29) is 18.5 Å². The minimum atomic E-state index is -3.31. The highest BCUT2D eigenvalue weighted by Gasteiger charge is 2.25. The molecule has 1 N–H and O–H groups in total. The summed E-state index contributed by atoms with van der Waals surface area (Å²) >= 11 is 0. The highest BCUT2D eigenvalue weighted by Crippen LogP contribution is 2.15. The number of hydrogen-bond donors (Lipinski definition) is 1. The Hall–Kier alpha value is -0.170. The zero-order valence-corrected chi connectivity index (χ0v) is 9.87. The van der Waals surface area contributed by atoms with E-state index in [1.807, 2.05) is 0 Å². The van der Waals surface area contributed by atoms with E-state index in [9.17, 15) is 8.42 Å². The van der Waals surface area contributed by atoms with Crippen LogP contribution in [0.5, 0.6) is 0 Å². The predicted octanol–water partition coefficient (Wildman–Crippen LogP) is -0.191. The molecular weight excluding hydrogens is 218 g/mol. The molecule has 1 unspecified atom stereocenters. The maximum Gasteiger partial charge on any atom is 0.216 e. The van der Waals surface area contributed by atoms with Gasteiger partial charge in [0, 0.05) is 19.7 Å². The van der Waals surface area contributed by atoms with Crippen LogP contribution in [-0.4, -0.2) is 56.0 Å². The number of aliphatic hydroxyl groups excluding tert-OH is 1. The minimum Gasteiger partial charge on any atom is -0.395 e. The van der Waals surface area contributed by atoms with Gasteiger partial charge in [-0.3, -0.25) is 0 Å². The number of rotatable bonds is 6. The van der Waals surface area contributed by atoms with Crippen LogP contribution in [0.2, 0.25) is 0 Å². The van der Waals surface area contributed by atoms with E-state index in [0.717, 1.165) is 19.4 Å². The average molecular weight is 237 g/mol. The first-order valence-corrected chi connectivity index (χ1v) is 6.91. The number of sulfonamides is 1. The van der Waals surface area contributed by atoms with Crippen molar-refractivity contribution in [2.45, 2.75) is 25.9 Å². The molecule has 1 heterocycles. The summed E-state index contributed by atoms with van der Waals surface area (Å²) < 4.78 is 30.1. The van der Waals surface area contributed by atoms with Crippen LogP contribution >= 0.6 is 0 Å². The summed E-state index contributed by atoms with van der Waals surface area (Å²) in [6, 6.07) is 0. The van der Waals surface area contributed by atoms with Crippen molar-refractivity contribution in [1.82, 2.24) is 4.31 Å². The van der Waals surface area contributed by atoms with Crippen molar-refractivity contribution in [3.63, 3.8) is 0 Å². The van der Waals surface area contributed by atoms with E-state index in [1.54, 1.807) is 6.92 Å². The fourth-order valence-corrected chi connectivity index (χ4v) is 2.97. The van der Waals surface area contributed by atoms with Gasteiger partial charge in [-0.15, -0.1) is 0 Å². The van der Waals surface area contributed by atoms with E-state index >= 15 is 0 Å². The average Bonchev–Trinajstić information content (AvgIpc) is 2.66. The number of ether oxygens (including phenoxy) is 1. The summed E-state index contributed by atoms with van der Waals surface area (Å²) in [4.78, 5) is 0. The molecule has 1 saturated heterocycles. The number of aliphatic hydroxyl groups is 1. The summed E-state index contributed by atoms with van der Waals surface area (Å²) in [5.74, 6) is -0.201. The van der Waals surface area contributed by atoms with Gasteiger partial charge in [0.2, 0.25) is 10.0 Å². The van der Waals surface area contributed by atoms with Gasteiger partial charge in [0.1, 0.15) is 0 Å². The number of likely N-dealkylation sites (N-methyl/N-ethyl adjacent to an activating group) is 1. The zero-order valence-electron chi connectivity index (χ0n) is 9.05. The second kappa shape index (κ2) is 5.79. The molecule has 0 aromatic carbocycles. The first kappa shape index (κ1) is 12.9. The fraction of sp³-hybridized carbons (Fsp3) is 1.00. The van der Waals surface area contributed by atoms with Crippen molar-refractivity contribution in [3.8, 4) is 0 Å². The van der Waals surface area contributed by atoms with Crippen LogP contribution in [0.4, 0.5) is 0 Å². The molecule has 6 heteroatoms. The Balaban J connectivity index is 2.54. The lowest BCUT2D eigenvalue weighted by Gasteiger charge is -2.22. The smallest absolute Gasteiger partial charge is 0.216 e. The van der Waals surface area contributed by atoms with Gasteiger partial charge in [-0.1, -0.05) is 6.92 Å². The minimum absolute atomic E-state index is 0.0263. The summed E-state index contributed by atoms with van der Waals surface area (Å²) in [5, 5.41) is 8.67. The van der Waals surface area contributed by atoms with Crippen LogP contribution in [0.25, 0.3) is 0 Å². The van der Waals surface area contributed by atoms with Gasteiger partial charge in [0.15, 0.2) is 0 Å². The lowest BCUT2D eigenvalue weighted by Crippen LogP contribution is -2.39. The normalized spacial score (nSPS) is 22.5. The van der Waals surface area contributed by atoms with Gasteiger partial charge >= 0.3 is 0 Å². The van der Waals surface area contributed by atoms with Crippen LogP contribution < -0.4 is 0 Å². The van der Waals surface area contributed by atoms with E-state index in [0.29, 0.717) is 13.1 Å². The number of hydrogen-bond acceptors (Lipinski definition) is 4.